The minimum absolute atomic E-state index is 0.0337. The molecule has 0 fully saturated rings. The highest BCUT2D eigenvalue weighted by molar-refractivity contribution is 8.00. The molecule has 0 aliphatic rings. The molecule has 0 bridgehead atoms. The summed E-state index contributed by atoms with van der Waals surface area (Å²) >= 11 is 0.765. The average Bonchev–Trinajstić information content (AvgIpc) is 2.55. The maximum atomic E-state index is 13.7. The normalized spacial score (nSPS) is 10.4. The molecule has 1 amide bonds. The van der Waals surface area contributed by atoms with E-state index in [0.29, 0.717) is 12.1 Å². The summed E-state index contributed by atoms with van der Waals surface area (Å²) in [5.41, 5.74) is -0.969. The molecule has 0 spiro atoms. The average molecular weight is 373 g/mol. The molecule has 0 heterocycles. The zero-order chi connectivity index (χ0) is 18.6. The van der Waals surface area contributed by atoms with Crippen LogP contribution in [0.5, 0.6) is 0 Å². The van der Waals surface area contributed by atoms with Gasteiger partial charge in [0.05, 0.1) is 24.1 Å². The summed E-state index contributed by atoms with van der Waals surface area (Å²) in [7, 11) is 1.03. The summed E-state index contributed by atoms with van der Waals surface area (Å²) in [4.78, 5) is 23.3. The minimum atomic E-state index is -1.13. The molecule has 0 aliphatic heterocycles. The Balaban J connectivity index is 2.08. The highest BCUT2D eigenvalue weighted by Gasteiger charge is 2.18. The maximum absolute atomic E-state index is 13.7. The molecule has 1 N–H and O–H groups in total. The number of halogens is 4. The third-order valence-electron chi connectivity index (χ3n) is 2.99. The number of carbonyl (C=O) groups excluding carboxylic acids is 2. The highest BCUT2D eigenvalue weighted by Crippen LogP contribution is 2.24. The molecule has 9 heteroatoms. The van der Waals surface area contributed by atoms with Gasteiger partial charge in [0.1, 0.15) is 23.3 Å². The van der Waals surface area contributed by atoms with Crippen LogP contribution >= 0.6 is 11.8 Å². The first-order valence-electron chi connectivity index (χ1n) is 6.77. The van der Waals surface area contributed by atoms with Gasteiger partial charge in [-0.3, -0.25) is 4.79 Å². The van der Waals surface area contributed by atoms with E-state index in [1.54, 1.807) is 0 Å². The Kier molecular flexibility index (Phi) is 6.02. The van der Waals surface area contributed by atoms with E-state index in [9.17, 15) is 27.2 Å². The molecule has 0 radical (unpaired) electrons. The summed E-state index contributed by atoms with van der Waals surface area (Å²) < 4.78 is 57.9. The number of methoxy groups -OCH3 is 1. The number of anilines is 1. The molecule has 25 heavy (non-hydrogen) atoms. The zero-order valence-electron chi connectivity index (χ0n) is 12.7. The molecule has 4 nitrogen and oxygen atoms in total. The number of rotatable bonds is 5. The van der Waals surface area contributed by atoms with Crippen molar-refractivity contribution in [2.24, 2.45) is 0 Å². The molecule has 2 aromatic rings. The largest absolute Gasteiger partial charge is 0.465 e. The fourth-order valence-corrected chi connectivity index (χ4v) is 2.55. The Morgan fingerprint density at radius 2 is 1.76 bits per heavy atom. The van der Waals surface area contributed by atoms with E-state index < -0.39 is 46.4 Å². The molecule has 2 aromatic carbocycles. The van der Waals surface area contributed by atoms with Gasteiger partial charge < -0.3 is 10.1 Å². The van der Waals surface area contributed by atoms with E-state index in [0.717, 1.165) is 37.1 Å². The van der Waals surface area contributed by atoms with Crippen molar-refractivity contribution in [1.82, 2.24) is 0 Å². The first kappa shape index (κ1) is 18.8. The van der Waals surface area contributed by atoms with E-state index in [2.05, 4.69) is 10.1 Å². The lowest BCUT2D eigenvalue weighted by Gasteiger charge is -2.09. The van der Waals surface area contributed by atoms with Crippen molar-refractivity contribution in [2.45, 2.75) is 4.90 Å². The van der Waals surface area contributed by atoms with Crippen molar-refractivity contribution in [3.05, 3.63) is 59.2 Å². The van der Waals surface area contributed by atoms with Gasteiger partial charge in [0.2, 0.25) is 5.91 Å². The second kappa shape index (κ2) is 8.02. The Labute approximate surface area is 144 Å². The number of hydrogen-bond acceptors (Lipinski definition) is 4. The van der Waals surface area contributed by atoms with Crippen LogP contribution in [-0.4, -0.2) is 24.7 Å². The second-order valence-corrected chi connectivity index (χ2v) is 5.73. The van der Waals surface area contributed by atoms with Crippen LogP contribution in [0.1, 0.15) is 10.4 Å². The van der Waals surface area contributed by atoms with Crippen LogP contribution in [0.15, 0.2) is 35.2 Å². The Morgan fingerprint density at radius 1 is 1.04 bits per heavy atom. The Hall–Kier alpha value is -2.55. The predicted octanol–water partition coefficient (Wildman–Crippen LogP) is 3.76. The predicted molar refractivity (Wildman–Crippen MR) is 83.4 cm³/mol. The molecular weight excluding hydrogens is 362 g/mol. The van der Waals surface area contributed by atoms with Crippen molar-refractivity contribution < 1.29 is 31.9 Å². The van der Waals surface area contributed by atoms with Gasteiger partial charge in [0, 0.05) is 17.0 Å². The number of esters is 1. The third-order valence-corrected chi connectivity index (χ3v) is 4.04. The Morgan fingerprint density at radius 3 is 2.40 bits per heavy atom. The van der Waals surface area contributed by atoms with Crippen molar-refractivity contribution in [2.75, 3.05) is 18.2 Å². The fraction of sp³-hybridized carbons (Fsp3) is 0.125. The van der Waals surface area contributed by atoms with E-state index in [1.807, 2.05) is 0 Å². The highest BCUT2D eigenvalue weighted by atomic mass is 32.2. The summed E-state index contributed by atoms with van der Waals surface area (Å²) in [5, 5.41) is 2.15. The van der Waals surface area contributed by atoms with Gasteiger partial charge in [-0.2, -0.15) is 0 Å². The summed E-state index contributed by atoms with van der Waals surface area (Å²) in [6.45, 7) is 0. The minimum Gasteiger partial charge on any atom is -0.465 e. The fourth-order valence-electron chi connectivity index (χ4n) is 1.83. The lowest BCUT2D eigenvalue weighted by atomic mass is 10.1. The van der Waals surface area contributed by atoms with Gasteiger partial charge >= 0.3 is 5.97 Å². The van der Waals surface area contributed by atoms with E-state index in [4.69, 9.17) is 0 Å². The monoisotopic (exact) mass is 373 g/mol. The molecule has 0 aromatic heterocycles. The second-order valence-electron chi connectivity index (χ2n) is 4.72. The number of nitrogens with one attached hydrogen (secondary N) is 1. The van der Waals surface area contributed by atoms with Crippen LogP contribution in [-0.2, 0) is 9.53 Å². The first-order chi connectivity index (χ1) is 11.8. The van der Waals surface area contributed by atoms with Gasteiger partial charge in [-0.05, 0) is 18.2 Å². The number of amides is 1. The van der Waals surface area contributed by atoms with Crippen LogP contribution in [0.3, 0.4) is 0 Å². The van der Waals surface area contributed by atoms with Gasteiger partial charge in [-0.15, -0.1) is 11.8 Å². The number of ether oxygens (including phenoxy) is 1. The van der Waals surface area contributed by atoms with Crippen molar-refractivity contribution >= 4 is 29.3 Å². The zero-order valence-corrected chi connectivity index (χ0v) is 13.6. The van der Waals surface area contributed by atoms with Crippen LogP contribution in [0.25, 0.3) is 0 Å². The summed E-state index contributed by atoms with van der Waals surface area (Å²) in [6.07, 6.45) is 0. The lowest BCUT2D eigenvalue weighted by molar-refractivity contribution is -0.113. The molecule has 0 saturated carbocycles. The molecule has 0 aliphatic carbocycles. The summed E-state index contributed by atoms with van der Waals surface area (Å²) in [6, 6.07) is 4.11. The molecule has 0 unspecified atom stereocenters. The summed E-state index contributed by atoms with van der Waals surface area (Å²) in [5.74, 6) is -5.88. The maximum Gasteiger partial charge on any atom is 0.340 e. The van der Waals surface area contributed by atoms with Crippen LogP contribution in [0.2, 0.25) is 0 Å². The van der Waals surface area contributed by atoms with E-state index >= 15 is 0 Å². The topological polar surface area (TPSA) is 55.4 Å². The van der Waals surface area contributed by atoms with Gasteiger partial charge in [-0.1, -0.05) is 0 Å². The first-order valence-corrected chi connectivity index (χ1v) is 7.75. The van der Waals surface area contributed by atoms with Gasteiger partial charge in [-0.25, -0.2) is 22.4 Å². The molecule has 2 rings (SSSR count). The van der Waals surface area contributed by atoms with Crippen LogP contribution in [0.4, 0.5) is 23.2 Å². The van der Waals surface area contributed by atoms with Crippen molar-refractivity contribution in [3.8, 4) is 0 Å². The smallest absolute Gasteiger partial charge is 0.340 e. The van der Waals surface area contributed by atoms with Crippen LogP contribution in [0, 0.1) is 23.3 Å². The standard InChI is InChI=1S/C16H11F4NO3S/c1-24-16(23)9-5-13(11(19)6-10(9)18)21-15(22)7-25-14-3-2-8(17)4-12(14)20/h2-6H,7H2,1H3,(H,21,22). The molecular formula is C16H11F4NO3S. The number of carbonyl (C=O) groups is 2. The number of hydrogen-bond donors (Lipinski definition) is 1. The quantitative estimate of drug-likeness (QED) is 0.493. The number of benzene rings is 2. The third kappa shape index (κ3) is 4.72. The number of thioether (sulfide) groups is 1. The SMILES string of the molecule is COC(=O)c1cc(NC(=O)CSc2ccc(F)cc2F)c(F)cc1F. The Bertz CT molecular complexity index is 829. The van der Waals surface area contributed by atoms with Gasteiger partial charge in [0.15, 0.2) is 0 Å². The van der Waals surface area contributed by atoms with E-state index in [1.165, 1.54) is 0 Å². The molecule has 0 atom stereocenters. The van der Waals surface area contributed by atoms with Crippen molar-refractivity contribution in [3.63, 3.8) is 0 Å². The molecule has 132 valence electrons. The lowest BCUT2D eigenvalue weighted by Crippen LogP contribution is -2.16. The van der Waals surface area contributed by atoms with Crippen molar-refractivity contribution in [1.29, 1.82) is 0 Å². The molecule has 0 saturated heterocycles. The van der Waals surface area contributed by atoms with Gasteiger partial charge in [0.25, 0.3) is 0 Å². The van der Waals surface area contributed by atoms with E-state index in [-0.39, 0.29) is 10.6 Å². The van der Waals surface area contributed by atoms with Crippen LogP contribution < -0.4 is 5.32 Å².